The van der Waals surface area contributed by atoms with Crippen molar-refractivity contribution >= 4 is 35.5 Å². The Morgan fingerprint density at radius 1 is 0.729 bits per heavy atom. The van der Waals surface area contributed by atoms with E-state index in [9.17, 15) is 14.7 Å². The van der Waals surface area contributed by atoms with Crippen molar-refractivity contribution in [3.05, 3.63) is 84.8 Å². The molecule has 4 aromatic rings. The lowest BCUT2D eigenvalue weighted by Crippen LogP contribution is -2.11. The van der Waals surface area contributed by atoms with E-state index in [1.54, 1.807) is 19.1 Å². The van der Waals surface area contributed by atoms with E-state index in [2.05, 4.69) is 51.9 Å². The van der Waals surface area contributed by atoms with E-state index in [-0.39, 0.29) is 17.2 Å². The number of methoxy groups -OCH3 is 3. The van der Waals surface area contributed by atoms with E-state index in [0.717, 1.165) is 11.4 Å². The first-order chi connectivity index (χ1) is 22.7. The van der Waals surface area contributed by atoms with Gasteiger partial charge in [-0.25, -0.2) is 29.5 Å². The Balaban J connectivity index is 0.000000320. The van der Waals surface area contributed by atoms with Gasteiger partial charge in [0.05, 0.1) is 45.6 Å². The van der Waals surface area contributed by atoms with Crippen LogP contribution < -0.4 is 20.9 Å². The Morgan fingerprint density at radius 3 is 1.75 bits per heavy atom. The summed E-state index contributed by atoms with van der Waals surface area (Å²) in [6.45, 7) is 7.19. The summed E-state index contributed by atoms with van der Waals surface area (Å²) < 4.78 is 13.4. The minimum Gasteiger partial charge on any atom is -0.508 e. The topological polar surface area (TPSA) is 234 Å². The molecular formula is C31H40N8O9. The van der Waals surface area contributed by atoms with Crippen molar-refractivity contribution in [2.75, 3.05) is 56.3 Å². The van der Waals surface area contributed by atoms with E-state index in [1.807, 2.05) is 32.0 Å². The van der Waals surface area contributed by atoms with Crippen LogP contribution in [-0.2, 0) is 14.2 Å². The first kappa shape index (κ1) is 39.5. The van der Waals surface area contributed by atoms with Crippen LogP contribution in [-0.4, -0.2) is 88.0 Å². The van der Waals surface area contributed by atoms with Crippen molar-refractivity contribution in [3.63, 3.8) is 0 Å². The molecule has 0 fully saturated rings. The van der Waals surface area contributed by atoms with Gasteiger partial charge < -0.3 is 39.5 Å². The molecule has 1 aromatic carbocycles. The minimum atomic E-state index is -0.590. The highest BCUT2D eigenvalue weighted by atomic mass is 16.5. The van der Waals surface area contributed by atoms with Gasteiger partial charge >= 0.3 is 12.2 Å². The van der Waals surface area contributed by atoms with E-state index < -0.39 is 12.2 Å². The molecule has 2 amide bonds. The molecule has 258 valence electrons. The molecule has 3 heterocycles. The molecule has 0 bridgehead atoms. The van der Waals surface area contributed by atoms with Gasteiger partial charge in [-0.2, -0.15) is 0 Å². The lowest BCUT2D eigenvalue weighted by Gasteiger charge is -2.13. The zero-order valence-corrected chi connectivity index (χ0v) is 27.5. The van der Waals surface area contributed by atoms with E-state index in [1.165, 1.54) is 64.2 Å². The summed E-state index contributed by atoms with van der Waals surface area (Å²) in [5.41, 5.74) is 2.13. The van der Waals surface area contributed by atoms with Crippen molar-refractivity contribution in [3.8, 4) is 23.0 Å². The highest BCUT2D eigenvalue weighted by Gasteiger charge is 2.05. The lowest BCUT2D eigenvalue weighted by molar-refractivity contribution is 0.186. The number of phenolic OH excluding ortho intramolecular Hbond substituents is 1. The number of ether oxygens (including phenoxy) is 3. The molecule has 0 aliphatic carbocycles. The molecule has 0 saturated heterocycles. The summed E-state index contributed by atoms with van der Waals surface area (Å²) in [5.74, 6) is 2.41. The number of hydrogen-bond acceptors (Lipinski definition) is 15. The summed E-state index contributed by atoms with van der Waals surface area (Å²) in [6, 6.07) is 10.8. The van der Waals surface area contributed by atoms with E-state index >= 15 is 0 Å². The maximum Gasteiger partial charge on any atom is 0.412 e. The summed E-state index contributed by atoms with van der Waals surface area (Å²) in [6.07, 6.45) is 2.66. The molecule has 0 unspecified atom stereocenters. The summed E-state index contributed by atoms with van der Waals surface area (Å²) >= 11 is 0. The zero-order valence-electron chi connectivity index (χ0n) is 27.5. The number of benzene rings is 1. The second-order valence-electron chi connectivity index (χ2n) is 9.32. The third-order valence-electron chi connectivity index (χ3n) is 5.40. The number of hydrogen-bond donors (Lipinski definition) is 7. The number of nitrogens with zero attached hydrogens (tertiary/aromatic N) is 5. The van der Waals surface area contributed by atoms with Gasteiger partial charge in [-0.05, 0) is 68.5 Å². The third kappa shape index (κ3) is 15.5. The van der Waals surface area contributed by atoms with Crippen LogP contribution in [0.1, 0.15) is 11.3 Å². The number of pyridine rings is 2. The molecule has 0 spiro atoms. The van der Waals surface area contributed by atoms with E-state index in [0.29, 0.717) is 34.8 Å². The van der Waals surface area contributed by atoms with Crippen molar-refractivity contribution in [1.29, 1.82) is 0 Å². The molecule has 4 rings (SSSR count). The van der Waals surface area contributed by atoms with Gasteiger partial charge in [0.25, 0.3) is 0 Å². The van der Waals surface area contributed by atoms with Crippen LogP contribution in [0.2, 0.25) is 0 Å². The number of carbonyl (C=O) groups excluding carboxylic acids is 2. The van der Waals surface area contributed by atoms with Gasteiger partial charge in [-0.3, -0.25) is 16.0 Å². The largest absolute Gasteiger partial charge is 0.508 e. The van der Waals surface area contributed by atoms with Crippen molar-refractivity contribution in [2.24, 2.45) is 0 Å². The molecule has 0 saturated carbocycles. The van der Waals surface area contributed by atoms with Crippen LogP contribution in [0, 0.1) is 13.8 Å². The molecule has 17 nitrogen and oxygen atoms in total. The van der Waals surface area contributed by atoms with E-state index in [4.69, 9.17) is 20.1 Å². The standard InChI is InChI=1S/C9H14N2O.C8H9NO3.C7H9N3O2.C7H8N2O3/c1-6-5-8(11(3)4)10-7(2)9(6)12;1-12-8(11)9-6-2-4-7(10)5-3-6;1-5(12-2)10-7-8-3-6(11)4-9-7;1-12-7(11)9-6-3-2-5(10)4-8-6/h5,12H,1-4H3;2-5,10H,1H3,(H,9,11);3-4,11H,1H2,2H3,(H,8,9,10);2-4,10H,1H3,(H,8,9,11). The van der Waals surface area contributed by atoms with Crippen molar-refractivity contribution < 1.29 is 44.2 Å². The van der Waals surface area contributed by atoms with Crippen molar-refractivity contribution in [1.82, 2.24) is 19.9 Å². The lowest BCUT2D eigenvalue weighted by atomic mass is 10.2. The molecular weight excluding hydrogens is 628 g/mol. The Hall–Kier alpha value is -6.52. The summed E-state index contributed by atoms with van der Waals surface area (Å²) in [5, 5.41) is 43.5. The van der Waals surface area contributed by atoms with Gasteiger partial charge in [0.2, 0.25) is 5.95 Å². The van der Waals surface area contributed by atoms with Gasteiger partial charge in [-0.15, -0.1) is 0 Å². The molecule has 7 N–H and O–H groups in total. The van der Waals surface area contributed by atoms with Crippen LogP contribution in [0.3, 0.4) is 0 Å². The van der Waals surface area contributed by atoms with Gasteiger partial charge in [-0.1, -0.05) is 0 Å². The molecule has 0 aliphatic rings. The number of nitrogens with one attached hydrogen (secondary N) is 3. The smallest absolute Gasteiger partial charge is 0.412 e. The molecule has 0 radical (unpaired) electrons. The number of phenols is 1. The number of amides is 2. The van der Waals surface area contributed by atoms with Gasteiger partial charge in [0.15, 0.2) is 11.6 Å². The minimum absolute atomic E-state index is 0.0172. The molecule has 3 aromatic heterocycles. The number of rotatable bonds is 6. The summed E-state index contributed by atoms with van der Waals surface area (Å²) in [7, 11) is 7.89. The SMILES string of the molecule is C=C(Nc1ncc(O)cn1)OC.COC(=O)Nc1ccc(O)cc1.COC(=O)Nc1ccc(O)cn1.Cc1cc(N(C)C)nc(C)c1O. The number of anilines is 4. The molecule has 48 heavy (non-hydrogen) atoms. The van der Waals surface area contributed by atoms with Crippen LogP contribution in [0.5, 0.6) is 23.0 Å². The Labute approximate surface area is 277 Å². The number of aromatic nitrogens is 4. The first-order valence-electron chi connectivity index (χ1n) is 13.7. The summed E-state index contributed by atoms with van der Waals surface area (Å²) in [4.78, 5) is 38.6. The maximum atomic E-state index is 10.7. The monoisotopic (exact) mass is 668 g/mol. The number of aromatic hydroxyl groups is 4. The van der Waals surface area contributed by atoms with Crippen LogP contribution in [0.15, 0.2) is 73.5 Å². The average Bonchev–Trinajstić information content (AvgIpc) is 3.07. The van der Waals surface area contributed by atoms with Crippen LogP contribution in [0.4, 0.5) is 32.9 Å². The quantitative estimate of drug-likeness (QED) is 0.109. The molecule has 0 aliphatic heterocycles. The molecule has 17 heteroatoms. The van der Waals surface area contributed by atoms with Crippen LogP contribution in [0.25, 0.3) is 0 Å². The second kappa shape index (κ2) is 20.5. The van der Waals surface area contributed by atoms with Gasteiger partial charge in [0.1, 0.15) is 28.9 Å². The zero-order chi connectivity index (χ0) is 36.2. The Morgan fingerprint density at radius 2 is 1.27 bits per heavy atom. The third-order valence-corrected chi connectivity index (χ3v) is 5.40. The highest BCUT2D eigenvalue weighted by Crippen LogP contribution is 2.23. The number of aryl methyl sites for hydroxylation is 2. The molecule has 0 atom stereocenters. The normalized spacial score (nSPS) is 9.31. The number of carbonyl (C=O) groups is 2. The van der Waals surface area contributed by atoms with Crippen molar-refractivity contribution in [2.45, 2.75) is 13.8 Å². The fourth-order valence-corrected chi connectivity index (χ4v) is 2.92. The average molecular weight is 669 g/mol. The first-order valence-corrected chi connectivity index (χ1v) is 13.7. The second-order valence-corrected chi connectivity index (χ2v) is 9.32. The Kier molecular flexibility index (Phi) is 16.9. The van der Waals surface area contributed by atoms with Gasteiger partial charge in [0, 0.05) is 19.8 Å². The highest BCUT2D eigenvalue weighted by molar-refractivity contribution is 5.84. The maximum absolute atomic E-state index is 10.7. The van der Waals surface area contributed by atoms with Crippen LogP contribution >= 0.6 is 0 Å². The fourth-order valence-electron chi connectivity index (χ4n) is 2.92. The Bertz CT molecular complexity index is 1420. The predicted octanol–water partition coefficient (Wildman–Crippen LogP) is 4.72. The fraction of sp³-hybridized carbons (Fsp3) is 0.226. The predicted molar refractivity (Wildman–Crippen MR) is 179 cm³/mol.